The van der Waals surface area contributed by atoms with Gasteiger partial charge in [-0.15, -0.1) is 0 Å². The quantitative estimate of drug-likeness (QED) is 0.188. The Balaban J connectivity index is 1.63. The summed E-state index contributed by atoms with van der Waals surface area (Å²) in [6, 6.07) is 14.0. The van der Waals surface area contributed by atoms with E-state index in [1.54, 1.807) is 64.1 Å². The van der Waals surface area contributed by atoms with E-state index in [2.05, 4.69) is 0 Å². The summed E-state index contributed by atoms with van der Waals surface area (Å²) >= 11 is 0. The molecule has 4 rings (SSSR count). The van der Waals surface area contributed by atoms with E-state index in [9.17, 15) is 20.2 Å². The van der Waals surface area contributed by atoms with Crippen LogP contribution >= 0.6 is 0 Å². The molecule has 0 saturated heterocycles. The van der Waals surface area contributed by atoms with Crippen molar-refractivity contribution in [2.24, 2.45) is 0 Å². The summed E-state index contributed by atoms with van der Waals surface area (Å²) in [5.41, 5.74) is -2.63. The van der Waals surface area contributed by atoms with Crippen LogP contribution in [0.1, 0.15) is 25.0 Å². The SMILES string of the molecule is CCOC1C=C(OC2=CC(OCC)C(Oc3ccccc3C)([N+](=O)[O-])C=C2)C=CC1(Oc1ccccc1C)[N+](=O)[O-]. The predicted molar refractivity (Wildman–Crippen MR) is 149 cm³/mol. The number of ether oxygens (including phenoxy) is 5. The second kappa shape index (κ2) is 12.4. The van der Waals surface area contributed by atoms with E-state index in [0.29, 0.717) is 11.5 Å². The normalized spacial score (nSPS) is 25.2. The third kappa shape index (κ3) is 6.01. The largest absolute Gasteiger partial charge is 0.458 e. The van der Waals surface area contributed by atoms with Crippen molar-refractivity contribution in [3.8, 4) is 11.5 Å². The van der Waals surface area contributed by atoms with Gasteiger partial charge in [0.2, 0.25) is 0 Å². The number of hydrogen-bond acceptors (Lipinski definition) is 9. The number of benzene rings is 2. The van der Waals surface area contributed by atoms with Gasteiger partial charge in [-0.1, -0.05) is 36.4 Å². The van der Waals surface area contributed by atoms with Gasteiger partial charge in [0, 0.05) is 25.4 Å². The molecule has 41 heavy (non-hydrogen) atoms. The molecule has 0 saturated carbocycles. The second-order valence-corrected chi connectivity index (χ2v) is 9.41. The molecule has 2 aromatic rings. The third-order valence-corrected chi connectivity index (χ3v) is 6.65. The van der Waals surface area contributed by atoms with Gasteiger partial charge in [0.25, 0.3) is 0 Å². The Morgan fingerprint density at radius 1 is 0.707 bits per heavy atom. The first-order valence-corrected chi connectivity index (χ1v) is 13.2. The van der Waals surface area contributed by atoms with E-state index in [1.165, 1.54) is 36.5 Å². The van der Waals surface area contributed by atoms with Crippen LogP contribution in [0.2, 0.25) is 0 Å². The molecule has 0 aromatic heterocycles. The number of aryl methyl sites for hydroxylation is 2. The van der Waals surface area contributed by atoms with Crippen LogP contribution in [0.15, 0.2) is 96.5 Å². The zero-order valence-corrected chi connectivity index (χ0v) is 23.2. The van der Waals surface area contributed by atoms with Crippen LogP contribution in [-0.4, -0.2) is 46.7 Å². The highest BCUT2D eigenvalue weighted by Crippen LogP contribution is 2.36. The molecule has 0 N–H and O–H groups in total. The van der Waals surface area contributed by atoms with Crippen LogP contribution in [0.5, 0.6) is 11.5 Å². The van der Waals surface area contributed by atoms with E-state index < -0.39 is 33.5 Å². The fourth-order valence-electron chi connectivity index (χ4n) is 4.49. The van der Waals surface area contributed by atoms with E-state index >= 15 is 0 Å². The molecule has 2 aromatic carbocycles. The van der Waals surface area contributed by atoms with Gasteiger partial charge in [-0.2, -0.15) is 0 Å². The Labute approximate surface area is 237 Å². The van der Waals surface area contributed by atoms with Crippen molar-refractivity contribution >= 4 is 0 Å². The molecule has 0 bridgehead atoms. The highest BCUT2D eigenvalue weighted by atomic mass is 16.7. The van der Waals surface area contributed by atoms with Gasteiger partial charge >= 0.3 is 11.4 Å². The summed E-state index contributed by atoms with van der Waals surface area (Å²) in [5, 5.41) is 24.7. The summed E-state index contributed by atoms with van der Waals surface area (Å²) in [6.45, 7) is 7.36. The van der Waals surface area contributed by atoms with Crippen molar-refractivity contribution in [1.82, 2.24) is 0 Å². The lowest BCUT2D eigenvalue weighted by atomic mass is 9.98. The lowest BCUT2D eigenvalue weighted by molar-refractivity contribution is -0.611. The smallest absolute Gasteiger partial charge is 0.413 e. The van der Waals surface area contributed by atoms with Gasteiger partial charge in [0.05, 0.1) is 9.85 Å². The van der Waals surface area contributed by atoms with Crippen molar-refractivity contribution in [2.75, 3.05) is 13.2 Å². The molecule has 0 radical (unpaired) electrons. The predicted octanol–water partition coefficient (Wildman–Crippen LogP) is 5.44. The first-order valence-electron chi connectivity index (χ1n) is 13.2. The van der Waals surface area contributed by atoms with E-state index in [-0.39, 0.29) is 24.7 Å². The van der Waals surface area contributed by atoms with Crippen molar-refractivity contribution in [2.45, 2.75) is 51.4 Å². The molecule has 11 heteroatoms. The Hall–Kier alpha value is -4.48. The molecule has 0 fully saturated rings. The summed E-state index contributed by atoms with van der Waals surface area (Å²) in [4.78, 5) is 23.6. The molecule has 0 amide bonds. The topological polar surface area (TPSA) is 132 Å². The maximum absolute atomic E-state index is 12.4. The molecular formula is C30H32N2O9. The van der Waals surface area contributed by atoms with Crippen LogP contribution in [0.3, 0.4) is 0 Å². The Morgan fingerprint density at radius 3 is 1.44 bits per heavy atom. The van der Waals surface area contributed by atoms with Gasteiger partial charge in [-0.25, -0.2) is 0 Å². The molecule has 0 spiro atoms. The monoisotopic (exact) mass is 564 g/mol. The first kappa shape index (κ1) is 29.5. The third-order valence-electron chi connectivity index (χ3n) is 6.65. The highest BCUT2D eigenvalue weighted by molar-refractivity contribution is 5.38. The average Bonchev–Trinajstić information content (AvgIpc) is 2.94. The molecule has 2 aliphatic rings. The maximum Gasteiger partial charge on any atom is 0.413 e. The molecular weight excluding hydrogens is 532 g/mol. The Kier molecular flexibility index (Phi) is 8.89. The summed E-state index contributed by atoms with van der Waals surface area (Å²) in [7, 11) is 0. The summed E-state index contributed by atoms with van der Waals surface area (Å²) in [5.74, 6) is 1.15. The lowest BCUT2D eigenvalue weighted by Crippen LogP contribution is -2.54. The van der Waals surface area contributed by atoms with Crippen LogP contribution in [0.4, 0.5) is 0 Å². The summed E-state index contributed by atoms with van der Waals surface area (Å²) in [6.07, 6.45) is 6.03. The standard InChI is InChI=1S/C30H32N2O9/c1-5-37-27-19-23(15-17-29(27,31(33)34)40-25-13-9-7-11-21(25)3)39-24-16-18-30(32(35)36,28(20-24)38-6-2)41-26-14-10-8-12-22(26)4/h7-20,27-28H,5-6H2,1-4H3. The Bertz CT molecular complexity index is 1310. The lowest BCUT2D eigenvalue weighted by Gasteiger charge is -2.33. The van der Waals surface area contributed by atoms with Gasteiger partial charge in [0.1, 0.15) is 23.0 Å². The van der Waals surface area contributed by atoms with E-state index in [1.807, 2.05) is 12.1 Å². The first-order chi connectivity index (χ1) is 19.6. The zero-order chi connectivity index (χ0) is 29.6. The molecule has 11 nitrogen and oxygen atoms in total. The molecule has 0 aliphatic heterocycles. The minimum atomic E-state index is -2.04. The van der Waals surface area contributed by atoms with Gasteiger partial charge in [-0.3, -0.25) is 20.2 Å². The zero-order valence-electron chi connectivity index (χ0n) is 23.2. The van der Waals surface area contributed by atoms with Gasteiger partial charge < -0.3 is 23.7 Å². The Morgan fingerprint density at radius 2 is 1.10 bits per heavy atom. The molecule has 216 valence electrons. The minimum Gasteiger partial charge on any atom is -0.458 e. The number of allylic oxidation sites excluding steroid dienone is 2. The number of nitro groups is 2. The van der Waals surface area contributed by atoms with Crippen LogP contribution < -0.4 is 9.47 Å². The van der Waals surface area contributed by atoms with Crippen molar-refractivity contribution in [3.05, 3.63) is 128 Å². The van der Waals surface area contributed by atoms with Crippen LogP contribution in [0, 0.1) is 34.1 Å². The number of hydrogen-bond donors (Lipinski definition) is 0. The average molecular weight is 565 g/mol. The number of para-hydroxylation sites is 2. The molecule has 2 aliphatic carbocycles. The fraction of sp³-hybridized carbons (Fsp3) is 0.333. The van der Waals surface area contributed by atoms with Crippen molar-refractivity contribution in [3.63, 3.8) is 0 Å². The van der Waals surface area contributed by atoms with Crippen LogP contribution in [0.25, 0.3) is 0 Å². The minimum absolute atomic E-state index is 0.172. The highest BCUT2D eigenvalue weighted by Gasteiger charge is 2.55. The second-order valence-electron chi connectivity index (χ2n) is 9.41. The molecule has 0 heterocycles. The van der Waals surface area contributed by atoms with E-state index in [0.717, 1.165) is 11.1 Å². The maximum atomic E-state index is 12.4. The fourth-order valence-corrected chi connectivity index (χ4v) is 4.49. The number of rotatable bonds is 12. The van der Waals surface area contributed by atoms with E-state index in [4.69, 9.17) is 23.7 Å². The molecule has 4 unspecified atom stereocenters. The number of nitrogens with zero attached hydrogens (tertiary/aromatic N) is 2. The molecule has 4 atom stereocenters. The van der Waals surface area contributed by atoms with Crippen molar-refractivity contribution < 1.29 is 33.5 Å². The van der Waals surface area contributed by atoms with Crippen molar-refractivity contribution in [1.29, 1.82) is 0 Å². The van der Waals surface area contributed by atoms with Gasteiger partial charge in [-0.05, 0) is 75.3 Å². The van der Waals surface area contributed by atoms with Crippen LogP contribution in [-0.2, 0) is 14.2 Å². The summed E-state index contributed by atoms with van der Waals surface area (Å²) < 4.78 is 29.4. The van der Waals surface area contributed by atoms with Gasteiger partial charge in [0.15, 0.2) is 12.2 Å².